The van der Waals surface area contributed by atoms with Crippen LogP contribution < -0.4 is 10.6 Å². The van der Waals surface area contributed by atoms with Crippen LogP contribution in [0.15, 0.2) is 11.2 Å². The number of aliphatic hydroxyl groups is 2. The minimum absolute atomic E-state index is 0.252. The number of Topliss-reactive ketones (excluding diaryl/α,β-unsaturated/α-hetero) is 4. The molecule has 13 nitrogen and oxygen atoms in total. The minimum Gasteiger partial charge on any atom is -0.507 e. The molecule has 0 aliphatic heterocycles. The second-order valence-corrected chi connectivity index (χ2v) is 9.45. The molecule has 0 heterocycles. The number of hydrogen-bond donors (Lipinski definition) is 4. The number of aliphatic hydroxyl groups excluding tert-OH is 1. The fourth-order valence-electron chi connectivity index (χ4n) is 5.90. The molecule has 0 bridgehead atoms. The minimum atomic E-state index is -3.00. The topological polar surface area (TPSA) is 224 Å². The molecule has 0 aromatic heterocycles. The summed E-state index contributed by atoms with van der Waals surface area (Å²) in [5.41, 5.74) is 11.3. The number of ketones is 4. The lowest BCUT2D eigenvalue weighted by Gasteiger charge is -2.51. The van der Waals surface area contributed by atoms with E-state index in [0.29, 0.717) is 11.3 Å². The molecule has 5 N–H and O–H groups in total. The Bertz CT molecular complexity index is 1270. The van der Waals surface area contributed by atoms with Gasteiger partial charge in [-0.15, -0.1) is 0 Å². The molecule has 35 heavy (non-hydrogen) atoms. The molecule has 2 unspecified atom stereocenters. The van der Waals surface area contributed by atoms with Gasteiger partial charge >= 0.3 is 0 Å². The third kappa shape index (κ3) is 3.02. The van der Waals surface area contributed by atoms with Crippen LogP contribution in [0.2, 0.25) is 0 Å². The molecule has 0 radical (unpaired) electrons. The first-order valence-corrected chi connectivity index (χ1v) is 10.8. The number of amides is 1. The molecule has 3 aliphatic carbocycles. The summed E-state index contributed by atoms with van der Waals surface area (Å²) in [6.07, 6.45) is -2.30. The number of azide groups is 1. The number of hydrogen-bond acceptors (Lipinski definition) is 10. The summed E-state index contributed by atoms with van der Waals surface area (Å²) in [7, 11) is 3.32. The number of primary amides is 1. The Morgan fingerprint density at radius 3 is 2.43 bits per heavy atom. The van der Waals surface area contributed by atoms with Crippen LogP contribution in [-0.4, -0.2) is 70.2 Å². The molecule has 4 rings (SSSR count). The Morgan fingerprint density at radius 2 is 1.89 bits per heavy atom. The summed E-state index contributed by atoms with van der Waals surface area (Å²) in [6.45, 7) is 1.67. The highest BCUT2D eigenvalue weighted by Crippen LogP contribution is 2.56. The number of anilines is 1. The number of aromatic hydroxyl groups is 1. The maximum absolute atomic E-state index is 13.7. The van der Waals surface area contributed by atoms with Gasteiger partial charge in [0.25, 0.3) is 0 Å². The zero-order chi connectivity index (χ0) is 26.1. The molecule has 0 saturated heterocycles. The number of carbonyl (C=O) groups is 5. The van der Waals surface area contributed by atoms with Crippen molar-refractivity contribution < 1.29 is 39.3 Å². The van der Waals surface area contributed by atoms with Gasteiger partial charge in [-0.05, 0) is 35.4 Å². The standard InChI is InChI=1S/C22H23N5O8/c1-6-7-4-8-15(28)18(31)14(21(23)34)20(33)22(8,35)19(32)12(7)17(30)13-11(6)10(27(2)3)5-9(16(13)29)25-26-24/h5-8,12,14-15,28-29,35H,4H2,1-3H3,(H2,23,34)/t6-,7-,8+,12?,14?,15-,22+/m1/s1. The second kappa shape index (κ2) is 7.87. The molecule has 2 saturated carbocycles. The first kappa shape index (κ1) is 24.3. The van der Waals surface area contributed by atoms with Gasteiger partial charge in [-0.2, -0.15) is 0 Å². The van der Waals surface area contributed by atoms with Crippen molar-refractivity contribution in [3.63, 3.8) is 0 Å². The zero-order valence-electron chi connectivity index (χ0n) is 19.0. The van der Waals surface area contributed by atoms with Crippen LogP contribution in [0, 0.1) is 23.7 Å². The molecule has 184 valence electrons. The maximum atomic E-state index is 13.7. The summed E-state index contributed by atoms with van der Waals surface area (Å²) >= 11 is 0. The van der Waals surface area contributed by atoms with E-state index >= 15 is 0 Å². The van der Waals surface area contributed by atoms with Crippen molar-refractivity contribution in [2.45, 2.75) is 31.0 Å². The molecule has 2 fully saturated rings. The second-order valence-electron chi connectivity index (χ2n) is 9.45. The van der Waals surface area contributed by atoms with E-state index in [1.807, 2.05) is 0 Å². The number of rotatable bonds is 3. The van der Waals surface area contributed by atoms with Gasteiger partial charge in [0.2, 0.25) is 5.91 Å². The summed E-state index contributed by atoms with van der Waals surface area (Å²) in [4.78, 5) is 68.9. The lowest BCUT2D eigenvalue weighted by molar-refractivity contribution is -0.186. The molecule has 13 heteroatoms. The number of nitrogens with two attached hydrogens (primary N) is 1. The molecule has 1 aromatic rings. The third-order valence-corrected chi connectivity index (χ3v) is 7.59. The fourth-order valence-corrected chi connectivity index (χ4v) is 5.90. The van der Waals surface area contributed by atoms with Gasteiger partial charge in [0.1, 0.15) is 11.9 Å². The van der Waals surface area contributed by atoms with E-state index in [0.717, 1.165) is 0 Å². The number of nitrogens with zero attached hydrogens (tertiary/aromatic N) is 4. The number of phenols is 1. The molecular weight excluding hydrogens is 462 g/mol. The monoisotopic (exact) mass is 485 g/mol. The highest BCUT2D eigenvalue weighted by Gasteiger charge is 2.69. The van der Waals surface area contributed by atoms with E-state index in [2.05, 4.69) is 10.0 Å². The number of benzene rings is 1. The molecular formula is C22H23N5O8. The number of fused-ring (bicyclic) bond motifs is 3. The van der Waals surface area contributed by atoms with Gasteiger partial charge in [-0.25, -0.2) is 0 Å². The first-order valence-electron chi connectivity index (χ1n) is 10.8. The van der Waals surface area contributed by atoms with Crippen LogP contribution in [0.1, 0.15) is 35.2 Å². The SMILES string of the molecule is C[C@H]1c2c(N(C)C)cc(N=[N+]=[N-])c(O)c2C(=O)C2C(=O)[C@]3(O)C(=O)C(C(N)=O)C(=O)[C@H](O)[C@@H]3C[C@@H]21. The molecule has 1 amide bonds. The van der Waals surface area contributed by atoms with Crippen LogP contribution in [0.5, 0.6) is 5.75 Å². The van der Waals surface area contributed by atoms with E-state index in [1.165, 1.54) is 6.07 Å². The van der Waals surface area contributed by atoms with Crippen LogP contribution >= 0.6 is 0 Å². The van der Waals surface area contributed by atoms with Crippen LogP contribution in [0.25, 0.3) is 10.4 Å². The van der Waals surface area contributed by atoms with E-state index in [-0.39, 0.29) is 17.7 Å². The summed E-state index contributed by atoms with van der Waals surface area (Å²) in [5.74, 6) is -13.9. The van der Waals surface area contributed by atoms with E-state index in [1.54, 1.807) is 25.9 Å². The average Bonchev–Trinajstić information content (AvgIpc) is 2.78. The van der Waals surface area contributed by atoms with Gasteiger partial charge in [0.15, 0.2) is 34.7 Å². The number of carbonyl (C=O) groups excluding carboxylic acids is 5. The molecule has 7 atom stereocenters. The molecule has 3 aliphatic rings. The van der Waals surface area contributed by atoms with E-state index < -0.39 is 76.1 Å². The summed E-state index contributed by atoms with van der Waals surface area (Å²) in [5, 5.41) is 36.1. The summed E-state index contributed by atoms with van der Waals surface area (Å²) < 4.78 is 0. The van der Waals surface area contributed by atoms with Crippen molar-refractivity contribution in [1.82, 2.24) is 0 Å². The van der Waals surface area contributed by atoms with Crippen molar-refractivity contribution in [3.05, 3.63) is 27.6 Å². The van der Waals surface area contributed by atoms with Crippen LogP contribution in [0.3, 0.4) is 0 Å². The van der Waals surface area contributed by atoms with Crippen LogP contribution in [-0.2, 0) is 19.2 Å². The van der Waals surface area contributed by atoms with Crippen molar-refractivity contribution in [1.29, 1.82) is 0 Å². The smallest absolute Gasteiger partial charge is 0.235 e. The van der Waals surface area contributed by atoms with Crippen molar-refractivity contribution in [2.75, 3.05) is 19.0 Å². The van der Waals surface area contributed by atoms with Gasteiger partial charge in [-0.1, -0.05) is 12.0 Å². The quantitative estimate of drug-likeness (QED) is 0.193. The Kier molecular flexibility index (Phi) is 5.47. The van der Waals surface area contributed by atoms with Crippen molar-refractivity contribution >= 4 is 40.4 Å². The predicted octanol–water partition coefficient (Wildman–Crippen LogP) is -0.134. The molecule has 0 spiro atoms. The Hall–Kier alpha value is -3.80. The largest absolute Gasteiger partial charge is 0.507 e. The summed E-state index contributed by atoms with van der Waals surface area (Å²) in [6, 6.07) is 1.39. The van der Waals surface area contributed by atoms with Crippen molar-refractivity contribution in [2.24, 2.45) is 34.5 Å². The maximum Gasteiger partial charge on any atom is 0.235 e. The average molecular weight is 485 g/mol. The van der Waals surface area contributed by atoms with Crippen molar-refractivity contribution in [3.8, 4) is 5.75 Å². The third-order valence-electron chi connectivity index (χ3n) is 7.59. The lowest BCUT2D eigenvalue weighted by atomic mass is 9.51. The Labute approximate surface area is 198 Å². The normalized spacial score (nSPS) is 33.9. The Morgan fingerprint density at radius 1 is 1.26 bits per heavy atom. The van der Waals surface area contributed by atoms with Crippen LogP contribution in [0.4, 0.5) is 11.4 Å². The van der Waals surface area contributed by atoms with E-state index in [4.69, 9.17) is 11.3 Å². The van der Waals surface area contributed by atoms with Gasteiger partial charge in [0, 0.05) is 30.6 Å². The zero-order valence-corrected chi connectivity index (χ0v) is 19.0. The highest BCUT2D eigenvalue weighted by molar-refractivity contribution is 6.32. The molecule has 1 aromatic carbocycles. The lowest BCUT2D eigenvalue weighted by Crippen LogP contribution is -2.72. The Balaban J connectivity index is 1.95. The highest BCUT2D eigenvalue weighted by atomic mass is 16.3. The van der Waals surface area contributed by atoms with E-state index in [9.17, 15) is 39.3 Å². The van der Waals surface area contributed by atoms with Gasteiger partial charge < -0.3 is 26.0 Å². The number of phenolic OH excluding ortho intramolecular Hbond substituents is 1. The van der Waals surface area contributed by atoms with Gasteiger partial charge in [-0.3, -0.25) is 24.0 Å². The first-order chi connectivity index (χ1) is 16.3. The van der Waals surface area contributed by atoms with Gasteiger partial charge in [0.05, 0.1) is 17.2 Å². The predicted molar refractivity (Wildman–Crippen MR) is 118 cm³/mol. The fraction of sp³-hybridized carbons (Fsp3) is 0.500.